The maximum atomic E-state index is 2.56. The summed E-state index contributed by atoms with van der Waals surface area (Å²) in [7, 11) is 0. The van der Waals surface area contributed by atoms with E-state index in [1.165, 1.54) is 55.6 Å². The van der Waals surface area contributed by atoms with Gasteiger partial charge in [-0.2, -0.15) is 0 Å². The average molecular weight is 1250 g/mol. The second-order valence-electron chi connectivity index (χ2n) is 26.0. The molecule has 0 fully saturated rings. The van der Waals surface area contributed by atoms with Crippen molar-refractivity contribution in [3.8, 4) is 77.9 Å². The zero-order valence-electron chi connectivity index (χ0n) is 54.7. The van der Waals surface area contributed by atoms with E-state index in [1.807, 2.05) is 0 Å². The first-order valence-corrected chi connectivity index (χ1v) is 33.9. The van der Waals surface area contributed by atoms with Crippen LogP contribution in [0.5, 0.6) is 0 Å². The Morgan fingerprint density at radius 2 is 0.418 bits per heavy atom. The predicted octanol–water partition coefficient (Wildman–Crippen LogP) is 26.7. The van der Waals surface area contributed by atoms with Crippen LogP contribution in [0.4, 0.5) is 51.2 Å². The molecule has 1 aliphatic carbocycles. The lowest BCUT2D eigenvalue weighted by Crippen LogP contribution is -2.17. The first-order valence-electron chi connectivity index (χ1n) is 33.9. The first-order chi connectivity index (χ1) is 48.4. The smallest absolute Gasteiger partial charge is 0.0620 e. The van der Waals surface area contributed by atoms with Crippen LogP contribution >= 0.6 is 0 Å². The van der Waals surface area contributed by atoms with Crippen LogP contribution in [0.2, 0.25) is 0 Å². The van der Waals surface area contributed by atoms with Gasteiger partial charge in [-0.15, -0.1) is 0 Å². The number of hydrogen-bond acceptors (Lipinski definition) is 3. The SMILES string of the molecule is CC1(C)c2ccccc2-c2cc3c(N(c4ccc(-c5ccccc5)cc4)c4ccc(-c5ccccc5)cc4)c4cc(N(c5ccc(-c6ccccc6)cc5)c5ccc(-c6ccccc6)cc5)ccc4c(N(c4ccc(-c5ccccc5)cc4)c4ccc(-c5ccccc5)cc4)c3cc21. The highest BCUT2D eigenvalue weighted by molar-refractivity contribution is 6.25. The summed E-state index contributed by atoms with van der Waals surface area (Å²) in [5, 5.41) is 4.42. The third-order valence-electron chi connectivity index (χ3n) is 19.8. The molecule has 0 bridgehead atoms. The van der Waals surface area contributed by atoms with E-state index < -0.39 is 0 Å². The van der Waals surface area contributed by atoms with Gasteiger partial charge in [-0.3, -0.25) is 0 Å². The molecule has 0 heterocycles. The monoisotopic (exact) mass is 1250 g/mol. The fourth-order valence-electron chi connectivity index (χ4n) is 14.8. The highest BCUT2D eigenvalue weighted by Gasteiger charge is 2.38. The van der Waals surface area contributed by atoms with E-state index in [4.69, 9.17) is 0 Å². The molecule has 98 heavy (non-hydrogen) atoms. The Balaban J connectivity index is 0.996. The molecule has 16 aromatic carbocycles. The van der Waals surface area contributed by atoms with Crippen molar-refractivity contribution in [2.75, 3.05) is 14.7 Å². The molecule has 0 amide bonds. The van der Waals surface area contributed by atoms with Crippen molar-refractivity contribution in [2.45, 2.75) is 19.3 Å². The molecule has 0 N–H and O–H groups in total. The maximum absolute atomic E-state index is 2.56. The van der Waals surface area contributed by atoms with Crippen LogP contribution in [-0.4, -0.2) is 0 Å². The van der Waals surface area contributed by atoms with E-state index in [9.17, 15) is 0 Å². The van der Waals surface area contributed by atoms with Crippen molar-refractivity contribution in [1.82, 2.24) is 0 Å². The fraction of sp³-hybridized carbons (Fsp3) is 0.0316. The first kappa shape index (κ1) is 59.2. The van der Waals surface area contributed by atoms with Crippen LogP contribution in [0.25, 0.3) is 99.4 Å². The summed E-state index contributed by atoms with van der Waals surface area (Å²) < 4.78 is 0. The second-order valence-corrected chi connectivity index (χ2v) is 26.0. The molecule has 0 saturated carbocycles. The van der Waals surface area contributed by atoms with Crippen molar-refractivity contribution in [1.29, 1.82) is 0 Å². The van der Waals surface area contributed by atoms with Gasteiger partial charge in [0.05, 0.1) is 11.4 Å². The van der Waals surface area contributed by atoms with E-state index in [2.05, 4.69) is 411 Å². The Morgan fingerprint density at radius 1 is 0.173 bits per heavy atom. The van der Waals surface area contributed by atoms with Crippen molar-refractivity contribution in [3.63, 3.8) is 0 Å². The summed E-state index contributed by atoms with van der Waals surface area (Å²) >= 11 is 0. The van der Waals surface area contributed by atoms with Gasteiger partial charge in [0.1, 0.15) is 0 Å². The lowest BCUT2D eigenvalue weighted by Gasteiger charge is -2.34. The number of nitrogens with zero attached hydrogens (tertiary/aromatic N) is 3. The lowest BCUT2D eigenvalue weighted by atomic mass is 9.81. The molecule has 0 unspecified atom stereocenters. The van der Waals surface area contributed by atoms with Crippen molar-refractivity contribution in [2.24, 2.45) is 0 Å². The molecule has 3 heteroatoms. The van der Waals surface area contributed by atoms with Crippen molar-refractivity contribution < 1.29 is 0 Å². The normalized spacial score (nSPS) is 12.1. The third kappa shape index (κ3) is 11.0. The van der Waals surface area contributed by atoms with E-state index in [0.717, 1.165) is 106 Å². The molecule has 17 rings (SSSR count). The largest absolute Gasteiger partial charge is 0.310 e. The maximum Gasteiger partial charge on any atom is 0.0620 e. The summed E-state index contributed by atoms with van der Waals surface area (Å²) in [6, 6.07) is 141. The summed E-state index contributed by atoms with van der Waals surface area (Å²) in [4.78, 5) is 7.52. The molecule has 0 aliphatic heterocycles. The highest BCUT2D eigenvalue weighted by Crippen LogP contribution is 2.57. The van der Waals surface area contributed by atoms with Crippen LogP contribution < -0.4 is 14.7 Å². The van der Waals surface area contributed by atoms with Gasteiger partial charge in [0, 0.05) is 66.8 Å². The summed E-state index contributed by atoms with van der Waals surface area (Å²) in [5.74, 6) is 0. The van der Waals surface area contributed by atoms with Gasteiger partial charge < -0.3 is 14.7 Å². The van der Waals surface area contributed by atoms with Crippen molar-refractivity contribution >= 4 is 72.7 Å². The number of rotatable bonds is 15. The molecule has 0 atom stereocenters. The summed E-state index contributed by atoms with van der Waals surface area (Å²) in [6.07, 6.45) is 0. The quantitative estimate of drug-likeness (QED) is 0.0748. The van der Waals surface area contributed by atoms with Gasteiger partial charge >= 0.3 is 0 Å². The standard InChI is InChI=1S/C95H69N3/c1-95(2)91-36-22-21-35-85(91)87-64-89-90(65-92(87)95)93(97(80-53-41-74(42-54-80)68-27-13-5-14-28-68)81-55-43-75(44-56-81)69-29-15-6-16-30-69)86-62-61-84(96(78-49-37-72(38-50-78)66-23-9-3-10-24-66)79-51-39-73(40-52-79)67-25-11-4-12-26-67)63-88(86)94(89)98(82-57-45-76(46-58-82)70-31-17-7-18-32-70)83-59-47-77(48-60-83)71-33-19-8-20-34-71/h3-65H,1-2H3. The molecule has 464 valence electrons. The Hall–Kier alpha value is -12.6. The van der Waals surface area contributed by atoms with Crippen LogP contribution in [0.1, 0.15) is 25.0 Å². The number of anilines is 9. The van der Waals surface area contributed by atoms with Crippen LogP contribution in [0.15, 0.2) is 382 Å². The molecule has 0 saturated heterocycles. The molecule has 0 spiro atoms. The Labute approximate surface area is 574 Å². The highest BCUT2D eigenvalue weighted by atomic mass is 15.2. The number of benzene rings is 16. The van der Waals surface area contributed by atoms with E-state index in [-0.39, 0.29) is 5.41 Å². The minimum Gasteiger partial charge on any atom is -0.310 e. The van der Waals surface area contributed by atoms with Gasteiger partial charge in [0.25, 0.3) is 0 Å². The zero-order chi connectivity index (χ0) is 65.5. The van der Waals surface area contributed by atoms with E-state index in [1.54, 1.807) is 0 Å². The van der Waals surface area contributed by atoms with Crippen molar-refractivity contribution in [3.05, 3.63) is 393 Å². The molecular formula is C95H69N3. The third-order valence-corrected chi connectivity index (χ3v) is 19.8. The van der Waals surface area contributed by atoms with Gasteiger partial charge in [-0.05, 0) is 186 Å². The Kier molecular flexibility index (Phi) is 15.3. The lowest BCUT2D eigenvalue weighted by molar-refractivity contribution is 0.661. The molecule has 0 aromatic heterocycles. The summed E-state index contributed by atoms with van der Waals surface area (Å²) in [6.45, 7) is 4.81. The minimum absolute atomic E-state index is 0.317. The zero-order valence-corrected chi connectivity index (χ0v) is 54.7. The number of hydrogen-bond donors (Lipinski definition) is 0. The molecule has 0 radical (unpaired) electrons. The summed E-state index contributed by atoms with van der Waals surface area (Å²) in [5.41, 5.74) is 28.2. The van der Waals surface area contributed by atoms with Gasteiger partial charge in [0.2, 0.25) is 0 Å². The second kappa shape index (κ2) is 25.3. The minimum atomic E-state index is -0.317. The molecular weight excluding hydrogens is 1180 g/mol. The Bertz CT molecular complexity index is 5240. The van der Waals surface area contributed by atoms with Gasteiger partial charge in [0.15, 0.2) is 0 Å². The van der Waals surface area contributed by atoms with E-state index >= 15 is 0 Å². The van der Waals surface area contributed by atoms with Gasteiger partial charge in [-0.1, -0.05) is 299 Å². The Morgan fingerprint density at radius 3 is 0.745 bits per heavy atom. The van der Waals surface area contributed by atoms with Crippen LogP contribution in [0.3, 0.4) is 0 Å². The predicted molar refractivity (Wildman–Crippen MR) is 416 cm³/mol. The number of fused-ring (bicyclic) bond motifs is 5. The average Bonchev–Trinajstić information content (AvgIpc) is 1.37. The molecule has 1 aliphatic rings. The topological polar surface area (TPSA) is 9.72 Å². The van der Waals surface area contributed by atoms with Gasteiger partial charge in [-0.25, -0.2) is 0 Å². The van der Waals surface area contributed by atoms with E-state index in [0.29, 0.717) is 0 Å². The molecule has 3 nitrogen and oxygen atoms in total. The van der Waals surface area contributed by atoms with Crippen LogP contribution in [-0.2, 0) is 5.41 Å². The van der Waals surface area contributed by atoms with Crippen LogP contribution in [0, 0.1) is 0 Å². The fourth-order valence-corrected chi connectivity index (χ4v) is 14.8. The molecule has 16 aromatic rings.